The molecule has 0 heteroatoms. The molecule has 0 atom stereocenters. The molecule has 0 saturated carbocycles. The summed E-state index contributed by atoms with van der Waals surface area (Å²) in [5.41, 5.74) is 26.2. The van der Waals surface area contributed by atoms with Gasteiger partial charge in [-0.15, -0.1) is 0 Å². The molecule has 1 aliphatic carbocycles. The zero-order valence-electron chi connectivity index (χ0n) is 26.0. The SMILES string of the molecule is Cc1c(C)c2c3c(c(C)c(C)c(C)c3c1C)-c1c-2c(C)c2c(C)c3c(C)c(C)c(C)c(C)c3c(C)c2c1C. The summed E-state index contributed by atoms with van der Waals surface area (Å²) in [6, 6.07) is 0. The van der Waals surface area contributed by atoms with Gasteiger partial charge in [0.15, 0.2) is 0 Å². The van der Waals surface area contributed by atoms with Crippen molar-refractivity contribution in [3.8, 4) is 22.3 Å². The molecule has 0 bridgehead atoms. The minimum Gasteiger partial charge on any atom is -0.0444 e. The molecular weight excluding hydrogens is 456 g/mol. The normalized spacial score (nSPS) is 12.5. The second kappa shape index (κ2) is 7.72. The Morgan fingerprint density at radius 2 is 0.395 bits per heavy atom. The fourth-order valence-electron chi connectivity index (χ4n) is 8.41. The van der Waals surface area contributed by atoms with Crippen molar-refractivity contribution in [3.63, 3.8) is 0 Å². The topological polar surface area (TPSA) is 0 Å². The highest BCUT2D eigenvalue weighted by Crippen LogP contribution is 2.58. The highest BCUT2D eigenvalue weighted by Gasteiger charge is 2.33. The third-order valence-corrected chi connectivity index (χ3v) is 11.2. The van der Waals surface area contributed by atoms with Crippen molar-refractivity contribution in [2.24, 2.45) is 0 Å². The van der Waals surface area contributed by atoms with E-state index in [1.54, 1.807) is 0 Å². The predicted molar refractivity (Wildman–Crippen MR) is 170 cm³/mol. The van der Waals surface area contributed by atoms with E-state index >= 15 is 0 Å². The molecule has 0 N–H and O–H groups in total. The van der Waals surface area contributed by atoms with Crippen LogP contribution in [0.3, 0.4) is 0 Å². The number of fused-ring (bicyclic) bond motifs is 5. The van der Waals surface area contributed by atoms with E-state index in [4.69, 9.17) is 0 Å². The van der Waals surface area contributed by atoms with Crippen molar-refractivity contribution in [1.29, 1.82) is 0 Å². The summed E-state index contributed by atoms with van der Waals surface area (Å²) in [4.78, 5) is 0. The number of hydrogen-bond donors (Lipinski definition) is 0. The molecule has 0 aliphatic heterocycles. The maximum absolute atomic E-state index is 2.41. The Hall–Kier alpha value is -3.12. The van der Waals surface area contributed by atoms with Crippen LogP contribution in [-0.2, 0) is 0 Å². The van der Waals surface area contributed by atoms with E-state index in [-0.39, 0.29) is 0 Å². The maximum atomic E-state index is 2.41. The van der Waals surface area contributed by atoms with Gasteiger partial charge in [0.2, 0.25) is 0 Å². The molecule has 0 spiro atoms. The second-order valence-electron chi connectivity index (χ2n) is 12.5. The van der Waals surface area contributed by atoms with E-state index in [0.29, 0.717) is 0 Å². The van der Waals surface area contributed by atoms with E-state index in [1.165, 1.54) is 132 Å². The fraction of sp³-hybridized carbons (Fsp3) is 0.368. The van der Waals surface area contributed by atoms with Crippen molar-refractivity contribution in [1.82, 2.24) is 0 Å². The summed E-state index contributed by atoms with van der Waals surface area (Å²) < 4.78 is 0. The van der Waals surface area contributed by atoms with Crippen LogP contribution in [0.4, 0.5) is 0 Å². The van der Waals surface area contributed by atoms with E-state index in [1.807, 2.05) is 0 Å². The summed E-state index contributed by atoms with van der Waals surface area (Å²) >= 11 is 0. The molecule has 0 saturated heterocycles. The van der Waals surface area contributed by atoms with E-state index in [0.717, 1.165) is 0 Å². The average Bonchev–Trinajstić information content (AvgIpc) is 3.24. The number of aryl methyl sites for hydroxylation is 8. The van der Waals surface area contributed by atoms with Crippen molar-refractivity contribution in [2.75, 3.05) is 0 Å². The van der Waals surface area contributed by atoms with Crippen molar-refractivity contribution in [2.45, 2.75) is 96.9 Å². The van der Waals surface area contributed by atoms with Gasteiger partial charge in [-0.05, 0) is 229 Å². The molecule has 0 radical (unpaired) electrons. The van der Waals surface area contributed by atoms with Crippen LogP contribution in [-0.4, -0.2) is 0 Å². The molecule has 194 valence electrons. The van der Waals surface area contributed by atoms with Gasteiger partial charge in [-0.3, -0.25) is 0 Å². The first-order chi connectivity index (χ1) is 17.7. The van der Waals surface area contributed by atoms with Gasteiger partial charge in [0.05, 0.1) is 0 Å². The van der Waals surface area contributed by atoms with Crippen LogP contribution in [0, 0.1) is 96.9 Å². The Bertz CT molecular complexity index is 1830. The van der Waals surface area contributed by atoms with Crippen LogP contribution in [0.1, 0.15) is 77.9 Å². The standard InChI is InChI=1S/C38H42/c1-15-16(2)20(6)31-26(12)33-28(14)37-35-24(10)18(4)22(8)29-21(7)17(3)23(9)34(38(29)35)36(37)27(13)32(33)25(11)30(31)19(15)5/h1-14H3. The number of hydrogen-bond acceptors (Lipinski definition) is 0. The largest absolute Gasteiger partial charge is 0.0444 e. The van der Waals surface area contributed by atoms with Gasteiger partial charge in [-0.25, -0.2) is 0 Å². The van der Waals surface area contributed by atoms with E-state index in [9.17, 15) is 0 Å². The van der Waals surface area contributed by atoms with Crippen LogP contribution in [0.2, 0.25) is 0 Å². The van der Waals surface area contributed by atoms with Gasteiger partial charge in [-0.2, -0.15) is 0 Å². The van der Waals surface area contributed by atoms with Crippen LogP contribution >= 0.6 is 0 Å². The van der Waals surface area contributed by atoms with Gasteiger partial charge >= 0.3 is 0 Å². The summed E-state index contributed by atoms with van der Waals surface area (Å²) in [6.07, 6.45) is 0. The highest BCUT2D eigenvalue weighted by atomic mass is 14.4. The second-order valence-corrected chi connectivity index (χ2v) is 12.5. The van der Waals surface area contributed by atoms with E-state index in [2.05, 4.69) is 96.9 Å². The van der Waals surface area contributed by atoms with Crippen LogP contribution < -0.4 is 0 Å². The third kappa shape index (κ3) is 2.62. The summed E-state index contributed by atoms with van der Waals surface area (Å²) in [5, 5.41) is 8.87. The Morgan fingerprint density at radius 1 is 0.158 bits per heavy atom. The number of rotatable bonds is 0. The van der Waals surface area contributed by atoms with Gasteiger partial charge in [0.25, 0.3) is 0 Å². The third-order valence-electron chi connectivity index (χ3n) is 11.2. The van der Waals surface area contributed by atoms with E-state index < -0.39 is 0 Å². The Kier molecular flexibility index (Phi) is 5.11. The predicted octanol–water partition coefficient (Wildman–Crippen LogP) is 11.1. The molecule has 0 heterocycles. The molecule has 6 rings (SSSR count). The molecule has 0 unspecified atom stereocenters. The van der Waals surface area contributed by atoms with Gasteiger partial charge in [0, 0.05) is 0 Å². The summed E-state index contributed by atoms with van der Waals surface area (Å²) in [7, 11) is 0. The lowest BCUT2D eigenvalue weighted by atomic mass is 9.79. The zero-order valence-corrected chi connectivity index (χ0v) is 26.0. The first kappa shape index (κ1) is 25.2. The number of benzene rings is 5. The van der Waals surface area contributed by atoms with Crippen LogP contribution in [0.15, 0.2) is 0 Å². The molecule has 0 aromatic heterocycles. The van der Waals surface area contributed by atoms with Gasteiger partial charge in [-0.1, -0.05) is 0 Å². The molecule has 1 aliphatic rings. The van der Waals surface area contributed by atoms with Gasteiger partial charge in [0.1, 0.15) is 0 Å². The minimum atomic E-state index is 1.44. The molecule has 38 heavy (non-hydrogen) atoms. The Balaban J connectivity index is 1.99. The van der Waals surface area contributed by atoms with Crippen LogP contribution in [0.5, 0.6) is 0 Å². The molecule has 0 fully saturated rings. The maximum Gasteiger partial charge on any atom is -0.00151 e. The summed E-state index contributed by atoms with van der Waals surface area (Å²) in [6.45, 7) is 32.9. The first-order valence-corrected chi connectivity index (χ1v) is 14.2. The lowest BCUT2D eigenvalue weighted by Gasteiger charge is -2.25. The lowest BCUT2D eigenvalue weighted by molar-refractivity contribution is 1.24. The van der Waals surface area contributed by atoms with Crippen molar-refractivity contribution >= 4 is 32.3 Å². The molecule has 5 aromatic carbocycles. The molecule has 0 nitrogen and oxygen atoms in total. The lowest BCUT2D eigenvalue weighted by Crippen LogP contribution is -2.02. The minimum absolute atomic E-state index is 1.44. The Labute approximate surface area is 229 Å². The zero-order chi connectivity index (χ0) is 27.9. The summed E-state index contributed by atoms with van der Waals surface area (Å²) in [5.74, 6) is 0. The molecule has 5 aromatic rings. The van der Waals surface area contributed by atoms with Crippen molar-refractivity contribution in [3.05, 3.63) is 77.9 Å². The van der Waals surface area contributed by atoms with Crippen LogP contribution in [0.25, 0.3) is 54.6 Å². The molecular formula is C38H42. The average molecular weight is 499 g/mol. The smallest absolute Gasteiger partial charge is 0.00151 e. The Morgan fingerprint density at radius 3 is 0.711 bits per heavy atom. The highest BCUT2D eigenvalue weighted by molar-refractivity contribution is 6.25. The van der Waals surface area contributed by atoms with Gasteiger partial charge < -0.3 is 0 Å². The monoisotopic (exact) mass is 498 g/mol. The first-order valence-electron chi connectivity index (χ1n) is 14.2. The molecule has 0 amide bonds. The quantitative estimate of drug-likeness (QED) is 0.183. The van der Waals surface area contributed by atoms with Crippen molar-refractivity contribution < 1.29 is 0 Å². The fourth-order valence-corrected chi connectivity index (χ4v) is 8.41.